The number of hydroxylamine groups is 1. The maximum absolute atomic E-state index is 13.3. The average Bonchev–Trinajstić information content (AvgIpc) is 2.99. The van der Waals surface area contributed by atoms with Gasteiger partial charge in [0.15, 0.2) is 0 Å². The zero-order chi connectivity index (χ0) is 20.2. The van der Waals surface area contributed by atoms with Gasteiger partial charge in [0, 0.05) is 30.0 Å². The standard InChI is InChI=1S/C23H24N4O2/c1-17-16-18(2)25-23(24-17)27-13-12-26(14-15-29-27)22(28)21-11-7-6-10-20(21)19-8-4-3-5-9-19/h3-11,16H,12-15H2,1-2H3. The Morgan fingerprint density at radius 3 is 2.34 bits per heavy atom. The van der Waals surface area contributed by atoms with Crippen molar-refractivity contribution in [1.29, 1.82) is 0 Å². The zero-order valence-corrected chi connectivity index (χ0v) is 16.7. The molecule has 0 aliphatic carbocycles. The van der Waals surface area contributed by atoms with Crippen LogP contribution in [0.1, 0.15) is 21.7 Å². The highest BCUT2D eigenvalue weighted by molar-refractivity contribution is 6.00. The molecule has 1 aliphatic rings. The molecule has 6 nitrogen and oxygen atoms in total. The van der Waals surface area contributed by atoms with Crippen molar-refractivity contribution in [3.05, 3.63) is 77.6 Å². The molecule has 0 radical (unpaired) electrons. The van der Waals surface area contributed by atoms with Crippen molar-refractivity contribution >= 4 is 11.9 Å². The lowest BCUT2D eigenvalue weighted by molar-refractivity contribution is 0.0730. The van der Waals surface area contributed by atoms with Crippen molar-refractivity contribution in [2.75, 3.05) is 31.3 Å². The first-order valence-electron chi connectivity index (χ1n) is 9.78. The van der Waals surface area contributed by atoms with Crippen molar-refractivity contribution in [3.63, 3.8) is 0 Å². The lowest BCUT2D eigenvalue weighted by Gasteiger charge is -2.22. The van der Waals surface area contributed by atoms with E-state index in [-0.39, 0.29) is 5.91 Å². The van der Waals surface area contributed by atoms with Gasteiger partial charge in [0.05, 0.1) is 13.2 Å². The van der Waals surface area contributed by atoms with Crippen LogP contribution in [-0.2, 0) is 4.84 Å². The molecule has 2 heterocycles. The number of benzene rings is 2. The number of nitrogens with zero attached hydrogens (tertiary/aromatic N) is 4. The third-order valence-electron chi connectivity index (χ3n) is 4.90. The van der Waals surface area contributed by atoms with Gasteiger partial charge in [0.25, 0.3) is 5.91 Å². The number of aromatic nitrogens is 2. The summed E-state index contributed by atoms with van der Waals surface area (Å²) in [4.78, 5) is 29.9. The van der Waals surface area contributed by atoms with Crippen LogP contribution in [0.4, 0.5) is 5.95 Å². The van der Waals surface area contributed by atoms with Crippen LogP contribution in [0.5, 0.6) is 0 Å². The first-order chi connectivity index (χ1) is 14.1. The van der Waals surface area contributed by atoms with Gasteiger partial charge in [0.1, 0.15) is 0 Å². The summed E-state index contributed by atoms with van der Waals surface area (Å²) in [6, 6.07) is 19.7. The molecule has 1 amide bonds. The predicted molar refractivity (Wildman–Crippen MR) is 113 cm³/mol. The van der Waals surface area contributed by atoms with E-state index in [1.165, 1.54) is 0 Å². The first kappa shape index (κ1) is 19.1. The highest BCUT2D eigenvalue weighted by Crippen LogP contribution is 2.25. The van der Waals surface area contributed by atoms with Crippen LogP contribution in [0, 0.1) is 13.8 Å². The summed E-state index contributed by atoms with van der Waals surface area (Å²) in [6.07, 6.45) is 0. The maximum atomic E-state index is 13.3. The molecule has 0 spiro atoms. The van der Waals surface area contributed by atoms with E-state index in [1.54, 1.807) is 5.06 Å². The lowest BCUT2D eigenvalue weighted by atomic mass is 9.99. The fraction of sp³-hybridized carbons (Fsp3) is 0.261. The van der Waals surface area contributed by atoms with Crippen LogP contribution < -0.4 is 5.06 Å². The summed E-state index contributed by atoms with van der Waals surface area (Å²) >= 11 is 0. The van der Waals surface area contributed by atoms with Crippen LogP contribution in [0.3, 0.4) is 0 Å². The molecule has 0 bridgehead atoms. The lowest BCUT2D eigenvalue weighted by Crippen LogP contribution is -2.36. The van der Waals surface area contributed by atoms with Gasteiger partial charge in [-0.3, -0.25) is 9.63 Å². The molecule has 0 saturated carbocycles. The van der Waals surface area contributed by atoms with Crippen molar-refractivity contribution < 1.29 is 9.63 Å². The summed E-state index contributed by atoms with van der Waals surface area (Å²) in [5.41, 5.74) is 4.47. The minimum atomic E-state index is 0.0104. The average molecular weight is 388 g/mol. The fourth-order valence-corrected chi connectivity index (χ4v) is 3.54. The number of amides is 1. The second kappa shape index (κ2) is 8.41. The Hall–Kier alpha value is -3.25. The summed E-state index contributed by atoms with van der Waals surface area (Å²) in [5, 5.41) is 1.69. The molecule has 1 fully saturated rings. The molecule has 1 aromatic heterocycles. The van der Waals surface area contributed by atoms with Gasteiger partial charge in [0.2, 0.25) is 5.95 Å². The van der Waals surface area contributed by atoms with Crippen molar-refractivity contribution in [2.45, 2.75) is 13.8 Å². The predicted octanol–water partition coefficient (Wildman–Crippen LogP) is 3.65. The quantitative estimate of drug-likeness (QED) is 0.685. The minimum absolute atomic E-state index is 0.0104. The Bertz CT molecular complexity index is 987. The van der Waals surface area contributed by atoms with E-state index in [0.717, 1.165) is 22.5 Å². The Balaban J connectivity index is 1.54. The molecular weight excluding hydrogens is 364 g/mol. The van der Waals surface area contributed by atoms with E-state index in [9.17, 15) is 4.79 Å². The molecule has 6 heteroatoms. The highest BCUT2D eigenvalue weighted by atomic mass is 16.7. The topological polar surface area (TPSA) is 58.6 Å². The molecule has 0 atom stereocenters. The molecular formula is C23H24N4O2. The fourth-order valence-electron chi connectivity index (χ4n) is 3.54. The van der Waals surface area contributed by atoms with Gasteiger partial charge < -0.3 is 4.90 Å². The molecule has 148 valence electrons. The largest absolute Gasteiger partial charge is 0.334 e. The van der Waals surface area contributed by atoms with Gasteiger partial charge >= 0.3 is 0 Å². The highest BCUT2D eigenvalue weighted by Gasteiger charge is 2.24. The number of anilines is 1. The van der Waals surface area contributed by atoms with Crippen LogP contribution in [0.25, 0.3) is 11.1 Å². The van der Waals surface area contributed by atoms with E-state index >= 15 is 0 Å². The van der Waals surface area contributed by atoms with Gasteiger partial charge in [-0.05, 0) is 37.1 Å². The van der Waals surface area contributed by atoms with Crippen molar-refractivity contribution in [3.8, 4) is 11.1 Å². The second-order valence-corrected chi connectivity index (χ2v) is 7.09. The van der Waals surface area contributed by atoms with Gasteiger partial charge in [-0.15, -0.1) is 0 Å². The number of carbonyl (C=O) groups is 1. The minimum Gasteiger partial charge on any atom is -0.334 e. The van der Waals surface area contributed by atoms with E-state index in [0.29, 0.717) is 37.8 Å². The SMILES string of the molecule is Cc1cc(C)nc(N2CCN(C(=O)c3ccccc3-c3ccccc3)CCO2)n1. The third kappa shape index (κ3) is 4.27. The van der Waals surface area contributed by atoms with Crippen LogP contribution >= 0.6 is 0 Å². The van der Waals surface area contributed by atoms with Crippen molar-refractivity contribution in [2.24, 2.45) is 0 Å². The van der Waals surface area contributed by atoms with Gasteiger partial charge in [-0.2, -0.15) is 0 Å². The molecule has 0 unspecified atom stereocenters. The Kier molecular flexibility index (Phi) is 5.53. The molecule has 2 aromatic carbocycles. The summed E-state index contributed by atoms with van der Waals surface area (Å²) in [7, 11) is 0. The Morgan fingerprint density at radius 2 is 1.59 bits per heavy atom. The van der Waals surface area contributed by atoms with Crippen molar-refractivity contribution in [1.82, 2.24) is 14.9 Å². The first-order valence-corrected chi connectivity index (χ1v) is 9.78. The number of carbonyl (C=O) groups excluding carboxylic acids is 1. The summed E-state index contributed by atoms with van der Waals surface area (Å²) in [5.74, 6) is 0.553. The monoisotopic (exact) mass is 388 g/mol. The molecule has 4 rings (SSSR count). The van der Waals surface area contributed by atoms with Gasteiger partial charge in [-0.25, -0.2) is 15.0 Å². The zero-order valence-electron chi connectivity index (χ0n) is 16.7. The molecule has 0 N–H and O–H groups in total. The number of hydrogen-bond acceptors (Lipinski definition) is 5. The maximum Gasteiger partial charge on any atom is 0.254 e. The van der Waals surface area contributed by atoms with E-state index in [4.69, 9.17) is 4.84 Å². The molecule has 3 aromatic rings. The normalized spacial score (nSPS) is 14.6. The van der Waals surface area contributed by atoms with E-state index in [1.807, 2.05) is 79.4 Å². The number of aryl methyl sites for hydroxylation is 2. The second-order valence-electron chi connectivity index (χ2n) is 7.09. The molecule has 1 aliphatic heterocycles. The molecule has 29 heavy (non-hydrogen) atoms. The number of hydrogen-bond donors (Lipinski definition) is 0. The van der Waals surface area contributed by atoms with Crippen LogP contribution in [-0.4, -0.2) is 47.0 Å². The van der Waals surface area contributed by atoms with Crippen LogP contribution in [0.2, 0.25) is 0 Å². The summed E-state index contributed by atoms with van der Waals surface area (Å²) in [6.45, 7) is 5.85. The Labute approximate surface area is 170 Å². The summed E-state index contributed by atoms with van der Waals surface area (Å²) < 4.78 is 0. The van der Waals surface area contributed by atoms with E-state index in [2.05, 4.69) is 9.97 Å². The Morgan fingerprint density at radius 1 is 0.897 bits per heavy atom. The molecule has 1 saturated heterocycles. The third-order valence-corrected chi connectivity index (χ3v) is 4.90. The number of rotatable bonds is 3. The van der Waals surface area contributed by atoms with Gasteiger partial charge in [-0.1, -0.05) is 48.5 Å². The van der Waals surface area contributed by atoms with Crippen LogP contribution in [0.15, 0.2) is 60.7 Å². The van der Waals surface area contributed by atoms with E-state index < -0.39 is 0 Å². The smallest absolute Gasteiger partial charge is 0.254 e.